The molecule has 1 aliphatic heterocycles. The molecule has 3 amide bonds. The lowest BCUT2D eigenvalue weighted by molar-refractivity contribution is -0.122. The van der Waals surface area contributed by atoms with E-state index in [1.54, 1.807) is 30.5 Å². The van der Waals surface area contributed by atoms with Crippen LogP contribution < -0.4 is 10.3 Å². The monoisotopic (exact) mass is 527 g/mol. The zero-order valence-electron chi connectivity index (χ0n) is 21.6. The summed E-state index contributed by atoms with van der Waals surface area (Å²) in [6, 6.07) is 29.3. The maximum atomic E-state index is 14.3. The number of nitrogens with zero attached hydrogens (tertiary/aromatic N) is 2. The quantitative estimate of drug-likeness (QED) is 0.229. The van der Waals surface area contributed by atoms with Gasteiger partial charge in [-0.3, -0.25) is 14.4 Å². The Morgan fingerprint density at radius 1 is 0.850 bits per heavy atom. The minimum Gasteiger partial charge on any atom is -0.507 e. The highest BCUT2D eigenvalue weighted by molar-refractivity contribution is 6.25. The molecule has 0 unspecified atom stereocenters. The van der Waals surface area contributed by atoms with Crippen molar-refractivity contribution < 1.29 is 19.5 Å². The van der Waals surface area contributed by atoms with Gasteiger partial charge in [-0.05, 0) is 53.4 Å². The van der Waals surface area contributed by atoms with E-state index in [-0.39, 0.29) is 29.0 Å². The fourth-order valence-electron chi connectivity index (χ4n) is 6.92. The number of para-hydroxylation sites is 1. The smallest absolute Gasteiger partial charge is 0.275 e. The minimum atomic E-state index is -1.09. The van der Waals surface area contributed by atoms with Gasteiger partial charge in [0.05, 0.1) is 28.5 Å². The first-order chi connectivity index (χ1) is 19.4. The van der Waals surface area contributed by atoms with Crippen molar-refractivity contribution in [3.05, 3.63) is 130 Å². The molecule has 8 rings (SSSR count). The third-order valence-electron chi connectivity index (χ3n) is 8.56. The SMILES string of the molecule is Cc1ccc(N2C(=O)[C@@H]3C4c5ccccc5C(/C=N/NC(=O)c5ccccc5O)(c5ccccc54)[C@H]3C2=O)cc1. The standard InChI is InChI=1S/C33H25N3O4/c1-19-14-16-20(17-15-19)36-31(39)28-27-21-8-2-5-11-24(21)33(29(28)32(36)40,25-12-6-3-9-22(25)27)18-34-35-30(38)23-10-4-7-13-26(23)37/h2-18,27-29,37H,1H3,(H,35,38)/b34-18+/t27?,28-,29-,33?/m1/s1. The lowest BCUT2D eigenvalue weighted by atomic mass is 9.47. The number of imide groups is 1. The van der Waals surface area contributed by atoms with Crippen LogP contribution in [0.1, 0.15) is 44.1 Å². The molecule has 1 heterocycles. The molecule has 0 aromatic heterocycles. The summed E-state index contributed by atoms with van der Waals surface area (Å²) in [6.07, 6.45) is 1.61. The maximum absolute atomic E-state index is 14.3. The average Bonchev–Trinajstić information content (AvgIpc) is 3.24. The Balaban J connectivity index is 1.41. The van der Waals surface area contributed by atoms with Crippen LogP contribution >= 0.6 is 0 Å². The topological polar surface area (TPSA) is 99.1 Å². The number of aryl methyl sites for hydroxylation is 1. The summed E-state index contributed by atoms with van der Waals surface area (Å²) in [5.41, 5.74) is 6.86. The maximum Gasteiger partial charge on any atom is 0.275 e. The van der Waals surface area contributed by atoms with Gasteiger partial charge in [0, 0.05) is 12.1 Å². The number of hydrazone groups is 1. The Hall–Kier alpha value is -5.04. The number of hydrogen-bond donors (Lipinski definition) is 2. The van der Waals surface area contributed by atoms with Crippen LogP contribution in [0.3, 0.4) is 0 Å². The number of rotatable bonds is 4. The van der Waals surface area contributed by atoms with Crippen LogP contribution in [0.25, 0.3) is 0 Å². The molecule has 196 valence electrons. The van der Waals surface area contributed by atoms with Gasteiger partial charge >= 0.3 is 0 Å². The normalized spacial score (nSPS) is 24.1. The fraction of sp³-hybridized carbons (Fsp3) is 0.152. The highest BCUT2D eigenvalue weighted by Crippen LogP contribution is 2.63. The Morgan fingerprint density at radius 3 is 2.10 bits per heavy atom. The van der Waals surface area contributed by atoms with Crippen LogP contribution in [0.4, 0.5) is 5.69 Å². The van der Waals surface area contributed by atoms with E-state index < -0.39 is 23.2 Å². The molecule has 0 radical (unpaired) electrons. The predicted molar refractivity (Wildman–Crippen MR) is 150 cm³/mol. The molecule has 2 bridgehead atoms. The summed E-state index contributed by atoms with van der Waals surface area (Å²) in [5.74, 6) is -2.91. The van der Waals surface area contributed by atoms with Crippen molar-refractivity contribution in [2.45, 2.75) is 18.3 Å². The number of aromatic hydroxyl groups is 1. The van der Waals surface area contributed by atoms with E-state index in [9.17, 15) is 19.5 Å². The molecular formula is C33H25N3O4. The summed E-state index contributed by atoms with van der Waals surface area (Å²) in [7, 11) is 0. The number of nitrogens with one attached hydrogen (secondary N) is 1. The van der Waals surface area contributed by atoms with Gasteiger partial charge in [-0.15, -0.1) is 0 Å². The van der Waals surface area contributed by atoms with Crippen LogP contribution in [-0.2, 0) is 15.0 Å². The molecule has 1 fully saturated rings. The van der Waals surface area contributed by atoms with E-state index in [0.29, 0.717) is 5.69 Å². The first-order valence-electron chi connectivity index (χ1n) is 13.2. The van der Waals surface area contributed by atoms with Gasteiger partial charge in [0.2, 0.25) is 11.8 Å². The second-order valence-electron chi connectivity index (χ2n) is 10.6. The van der Waals surface area contributed by atoms with Gasteiger partial charge in [0.25, 0.3) is 5.91 Å². The number of amides is 3. The van der Waals surface area contributed by atoms with Crippen molar-refractivity contribution in [3.8, 4) is 5.75 Å². The van der Waals surface area contributed by atoms with Crippen molar-refractivity contribution in [1.29, 1.82) is 0 Å². The Kier molecular flexibility index (Phi) is 5.25. The van der Waals surface area contributed by atoms with Crippen LogP contribution in [0.15, 0.2) is 102 Å². The van der Waals surface area contributed by atoms with Crippen molar-refractivity contribution in [3.63, 3.8) is 0 Å². The molecule has 7 nitrogen and oxygen atoms in total. The van der Waals surface area contributed by atoms with Gasteiger partial charge in [0.1, 0.15) is 5.75 Å². The first kappa shape index (κ1) is 24.0. The van der Waals surface area contributed by atoms with E-state index in [4.69, 9.17) is 0 Å². The largest absolute Gasteiger partial charge is 0.507 e. The van der Waals surface area contributed by atoms with Crippen LogP contribution in [0, 0.1) is 18.8 Å². The number of phenolic OH excluding ortho intramolecular Hbond substituents is 1. The van der Waals surface area contributed by atoms with E-state index >= 15 is 0 Å². The third-order valence-corrected chi connectivity index (χ3v) is 8.56. The predicted octanol–water partition coefficient (Wildman–Crippen LogP) is 4.67. The number of carbonyl (C=O) groups is 3. The molecule has 3 aliphatic carbocycles. The lowest BCUT2D eigenvalue weighted by Gasteiger charge is -2.52. The molecule has 0 spiro atoms. The zero-order chi connectivity index (χ0) is 27.6. The zero-order valence-corrected chi connectivity index (χ0v) is 21.6. The van der Waals surface area contributed by atoms with Gasteiger partial charge in [-0.1, -0.05) is 78.4 Å². The minimum absolute atomic E-state index is 0.0841. The molecule has 0 saturated carbocycles. The van der Waals surface area contributed by atoms with E-state index in [0.717, 1.165) is 27.8 Å². The molecule has 7 heteroatoms. The van der Waals surface area contributed by atoms with Gasteiger partial charge in [-0.25, -0.2) is 10.3 Å². The van der Waals surface area contributed by atoms with Crippen molar-refractivity contribution in [2.24, 2.45) is 16.9 Å². The second-order valence-corrected chi connectivity index (χ2v) is 10.6. The van der Waals surface area contributed by atoms with E-state index in [1.165, 1.54) is 17.0 Å². The molecule has 4 aliphatic rings. The fourth-order valence-corrected chi connectivity index (χ4v) is 6.92. The molecule has 4 aromatic rings. The third kappa shape index (κ3) is 3.18. The van der Waals surface area contributed by atoms with Crippen molar-refractivity contribution >= 4 is 29.6 Å². The Labute approximate surface area is 230 Å². The molecule has 2 atom stereocenters. The van der Waals surface area contributed by atoms with Gasteiger partial charge in [-0.2, -0.15) is 5.10 Å². The van der Waals surface area contributed by atoms with Crippen LogP contribution in [-0.4, -0.2) is 29.0 Å². The summed E-state index contributed by atoms with van der Waals surface area (Å²) in [4.78, 5) is 42.7. The summed E-state index contributed by atoms with van der Waals surface area (Å²) in [5, 5.41) is 14.5. The molecule has 4 aromatic carbocycles. The number of carbonyl (C=O) groups excluding carboxylic acids is 3. The van der Waals surface area contributed by atoms with Gasteiger partial charge < -0.3 is 5.11 Å². The van der Waals surface area contributed by atoms with Crippen molar-refractivity contribution in [2.75, 3.05) is 4.90 Å². The Bertz CT molecular complexity index is 1700. The molecular weight excluding hydrogens is 502 g/mol. The number of hydrogen-bond acceptors (Lipinski definition) is 5. The van der Waals surface area contributed by atoms with E-state index in [1.807, 2.05) is 67.6 Å². The molecule has 40 heavy (non-hydrogen) atoms. The van der Waals surface area contributed by atoms with Crippen molar-refractivity contribution in [1.82, 2.24) is 5.43 Å². The van der Waals surface area contributed by atoms with Gasteiger partial charge in [0.15, 0.2) is 0 Å². The highest BCUT2D eigenvalue weighted by Gasteiger charge is 2.68. The number of phenols is 1. The summed E-state index contributed by atoms with van der Waals surface area (Å²) in [6.45, 7) is 1.96. The summed E-state index contributed by atoms with van der Waals surface area (Å²) < 4.78 is 0. The molecule has 2 N–H and O–H groups in total. The number of benzene rings is 4. The van der Waals surface area contributed by atoms with Crippen LogP contribution in [0.5, 0.6) is 5.75 Å². The first-order valence-corrected chi connectivity index (χ1v) is 13.2. The second kappa shape index (κ2) is 8.74. The summed E-state index contributed by atoms with van der Waals surface area (Å²) >= 11 is 0. The number of anilines is 1. The lowest BCUT2D eigenvalue weighted by Crippen LogP contribution is -2.54. The van der Waals surface area contributed by atoms with E-state index in [2.05, 4.69) is 10.5 Å². The average molecular weight is 528 g/mol. The highest BCUT2D eigenvalue weighted by atomic mass is 16.3. The molecule has 1 saturated heterocycles. The Morgan fingerprint density at radius 2 is 1.45 bits per heavy atom. The van der Waals surface area contributed by atoms with Crippen LogP contribution in [0.2, 0.25) is 0 Å².